The first-order valence-corrected chi connectivity index (χ1v) is 6.52. The Labute approximate surface area is 121 Å². The maximum absolute atomic E-state index is 12.8. The Kier molecular flexibility index (Phi) is 6.79. The standard InChI is InChI=1S/C13H16ClFN2O3/c1-2-16-13(19)8-17-12(18)5-6-20-11-4-3-9(15)7-10(11)14/h3-4,7H,2,5-6,8H2,1H3,(H,16,19)(H,17,18). The molecule has 7 heteroatoms. The fourth-order valence-electron chi connectivity index (χ4n) is 1.37. The van der Waals surface area contributed by atoms with Gasteiger partial charge in [0.2, 0.25) is 11.8 Å². The van der Waals surface area contributed by atoms with Crippen LogP contribution >= 0.6 is 11.6 Å². The third kappa shape index (κ3) is 5.88. The summed E-state index contributed by atoms with van der Waals surface area (Å²) in [6.45, 7) is 2.33. The molecule has 5 nitrogen and oxygen atoms in total. The van der Waals surface area contributed by atoms with Crippen LogP contribution < -0.4 is 15.4 Å². The fourth-order valence-corrected chi connectivity index (χ4v) is 1.59. The van der Waals surface area contributed by atoms with Crippen molar-refractivity contribution in [3.05, 3.63) is 29.0 Å². The Morgan fingerprint density at radius 1 is 1.30 bits per heavy atom. The normalized spacial score (nSPS) is 9.95. The van der Waals surface area contributed by atoms with Crippen molar-refractivity contribution in [2.75, 3.05) is 19.7 Å². The van der Waals surface area contributed by atoms with Gasteiger partial charge in [-0.1, -0.05) is 11.6 Å². The minimum atomic E-state index is -0.456. The first-order valence-electron chi connectivity index (χ1n) is 6.14. The quantitative estimate of drug-likeness (QED) is 0.802. The van der Waals surface area contributed by atoms with Gasteiger partial charge in [-0.25, -0.2) is 4.39 Å². The maximum atomic E-state index is 12.8. The van der Waals surface area contributed by atoms with E-state index in [1.807, 2.05) is 0 Å². The van der Waals surface area contributed by atoms with Crippen LogP contribution in [0.2, 0.25) is 5.02 Å². The number of hydrogen-bond acceptors (Lipinski definition) is 3. The highest BCUT2D eigenvalue weighted by atomic mass is 35.5. The summed E-state index contributed by atoms with van der Waals surface area (Å²) in [5.41, 5.74) is 0. The number of amides is 2. The highest BCUT2D eigenvalue weighted by Gasteiger charge is 2.07. The van der Waals surface area contributed by atoms with Crippen LogP contribution in [-0.4, -0.2) is 31.5 Å². The second-order valence-corrected chi connectivity index (χ2v) is 4.31. The number of carbonyl (C=O) groups is 2. The third-order valence-corrected chi connectivity index (χ3v) is 2.60. The van der Waals surface area contributed by atoms with Gasteiger partial charge in [0.15, 0.2) is 0 Å². The van der Waals surface area contributed by atoms with E-state index >= 15 is 0 Å². The summed E-state index contributed by atoms with van der Waals surface area (Å²) in [5, 5.41) is 5.16. The first kappa shape index (κ1) is 16.2. The Morgan fingerprint density at radius 2 is 2.05 bits per heavy atom. The summed E-state index contributed by atoms with van der Waals surface area (Å²) in [5.74, 6) is -0.704. The van der Waals surface area contributed by atoms with Crippen LogP contribution in [-0.2, 0) is 9.59 Å². The molecule has 1 rings (SSSR count). The van der Waals surface area contributed by atoms with Gasteiger partial charge in [-0.2, -0.15) is 0 Å². The lowest BCUT2D eigenvalue weighted by Crippen LogP contribution is -2.37. The van der Waals surface area contributed by atoms with E-state index in [0.29, 0.717) is 12.3 Å². The Balaban J connectivity index is 2.26. The number of nitrogens with one attached hydrogen (secondary N) is 2. The fraction of sp³-hybridized carbons (Fsp3) is 0.385. The minimum Gasteiger partial charge on any atom is -0.491 e. The summed E-state index contributed by atoms with van der Waals surface area (Å²) >= 11 is 5.76. The third-order valence-electron chi connectivity index (χ3n) is 2.30. The number of halogens is 2. The Hall–Kier alpha value is -1.82. The van der Waals surface area contributed by atoms with Gasteiger partial charge in [0, 0.05) is 6.54 Å². The van der Waals surface area contributed by atoms with Crippen LogP contribution in [0.15, 0.2) is 18.2 Å². The lowest BCUT2D eigenvalue weighted by atomic mass is 10.3. The van der Waals surface area contributed by atoms with Crippen molar-refractivity contribution in [3.63, 3.8) is 0 Å². The van der Waals surface area contributed by atoms with Crippen LogP contribution in [0.3, 0.4) is 0 Å². The molecule has 0 radical (unpaired) electrons. The SMILES string of the molecule is CCNC(=O)CNC(=O)CCOc1ccc(F)cc1Cl. The predicted octanol–water partition coefficient (Wildman–Crippen LogP) is 1.50. The van der Waals surface area contributed by atoms with Crippen molar-refractivity contribution in [1.29, 1.82) is 0 Å². The van der Waals surface area contributed by atoms with Crippen LogP contribution in [0, 0.1) is 5.82 Å². The summed E-state index contributed by atoms with van der Waals surface area (Å²) < 4.78 is 18.1. The number of likely N-dealkylation sites (N-methyl/N-ethyl adjacent to an activating group) is 1. The lowest BCUT2D eigenvalue weighted by Gasteiger charge is -2.08. The van der Waals surface area contributed by atoms with Crippen molar-refractivity contribution in [2.45, 2.75) is 13.3 Å². The number of hydrogen-bond donors (Lipinski definition) is 2. The van der Waals surface area contributed by atoms with Crippen LogP contribution in [0.1, 0.15) is 13.3 Å². The highest BCUT2D eigenvalue weighted by molar-refractivity contribution is 6.32. The molecular formula is C13H16ClFN2O3. The van der Waals surface area contributed by atoms with Gasteiger partial charge in [0.25, 0.3) is 0 Å². The van der Waals surface area contributed by atoms with E-state index in [4.69, 9.17) is 16.3 Å². The summed E-state index contributed by atoms with van der Waals surface area (Å²) in [6.07, 6.45) is 0.0765. The van der Waals surface area contributed by atoms with Crippen molar-refractivity contribution in [1.82, 2.24) is 10.6 Å². The second kappa shape index (κ2) is 8.37. The molecule has 0 bridgehead atoms. The predicted molar refractivity (Wildman–Crippen MR) is 73.2 cm³/mol. The molecule has 1 aromatic rings. The van der Waals surface area contributed by atoms with E-state index < -0.39 is 5.82 Å². The zero-order chi connectivity index (χ0) is 15.0. The molecule has 0 aliphatic rings. The molecule has 0 saturated carbocycles. The molecule has 0 saturated heterocycles. The molecule has 0 unspecified atom stereocenters. The monoisotopic (exact) mass is 302 g/mol. The molecule has 0 atom stereocenters. The maximum Gasteiger partial charge on any atom is 0.239 e. The summed E-state index contributed by atoms with van der Waals surface area (Å²) in [4.78, 5) is 22.5. The highest BCUT2D eigenvalue weighted by Crippen LogP contribution is 2.24. The van der Waals surface area contributed by atoms with E-state index in [9.17, 15) is 14.0 Å². The number of rotatable bonds is 7. The van der Waals surface area contributed by atoms with Crippen molar-refractivity contribution in [2.24, 2.45) is 0 Å². The topological polar surface area (TPSA) is 67.4 Å². The van der Waals surface area contributed by atoms with Gasteiger partial charge in [-0.05, 0) is 25.1 Å². The van der Waals surface area contributed by atoms with Gasteiger partial charge >= 0.3 is 0 Å². The van der Waals surface area contributed by atoms with E-state index in [-0.39, 0.29) is 36.4 Å². The molecular weight excluding hydrogens is 287 g/mol. The van der Waals surface area contributed by atoms with Crippen molar-refractivity contribution >= 4 is 23.4 Å². The van der Waals surface area contributed by atoms with Gasteiger partial charge in [0.05, 0.1) is 24.6 Å². The molecule has 0 aliphatic carbocycles. The molecule has 0 aromatic heterocycles. The summed E-state index contributed by atoms with van der Waals surface area (Å²) in [6, 6.07) is 3.74. The number of ether oxygens (including phenoxy) is 1. The summed E-state index contributed by atoms with van der Waals surface area (Å²) in [7, 11) is 0. The number of carbonyl (C=O) groups excluding carboxylic acids is 2. The van der Waals surface area contributed by atoms with Gasteiger partial charge in [0.1, 0.15) is 11.6 Å². The van der Waals surface area contributed by atoms with Crippen molar-refractivity contribution < 1.29 is 18.7 Å². The zero-order valence-corrected chi connectivity index (χ0v) is 11.8. The molecule has 0 aliphatic heterocycles. The molecule has 0 fully saturated rings. The Morgan fingerprint density at radius 3 is 2.70 bits per heavy atom. The van der Waals surface area contributed by atoms with E-state index in [1.54, 1.807) is 6.92 Å². The molecule has 0 heterocycles. The minimum absolute atomic E-state index is 0.0655. The smallest absolute Gasteiger partial charge is 0.239 e. The largest absolute Gasteiger partial charge is 0.491 e. The van der Waals surface area contributed by atoms with Gasteiger partial charge < -0.3 is 15.4 Å². The molecule has 110 valence electrons. The van der Waals surface area contributed by atoms with Crippen LogP contribution in [0.5, 0.6) is 5.75 Å². The lowest BCUT2D eigenvalue weighted by molar-refractivity contribution is -0.126. The molecule has 20 heavy (non-hydrogen) atoms. The zero-order valence-electron chi connectivity index (χ0n) is 11.0. The average molecular weight is 303 g/mol. The van der Waals surface area contributed by atoms with Crippen LogP contribution in [0.25, 0.3) is 0 Å². The van der Waals surface area contributed by atoms with E-state index in [2.05, 4.69) is 10.6 Å². The van der Waals surface area contributed by atoms with E-state index in [0.717, 1.165) is 6.07 Å². The molecule has 0 spiro atoms. The van der Waals surface area contributed by atoms with Gasteiger partial charge in [-0.3, -0.25) is 9.59 Å². The van der Waals surface area contributed by atoms with Gasteiger partial charge in [-0.15, -0.1) is 0 Å². The van der Waals surface area contributed by atoms with Crippen molar-refractivity contribution in [3.8, 4) is 5.75 Å². The second-order valence-electron chi connectivity index (χ2n) is 3.90. The number of benzene rings is 1. The molecule has 1 aromatic carbocycles. The molecule has 2 amide bonds. The first-order chi connectivity index (χ1) is 9.52. The van der Waals surface area contributed by atoms with Crippen LogP contribution in [0.4, 0.5) is 4.39 Å². The molecule has 2 N–H and O–H groups in total. The average Bonchev–Trinajstić information content (AvgIpc) is 2.39. The Bertz CT molecular complexity index is 483. The van der Waals surface area contributed by atoms with E-state index in [1.165, 1.54) is 12.1 Å².